The number of hydrogen-bond donors (Lipinski definition) is 1. The lowest BCUT2D eigenvalue weighted by atomic mass is 9.76. The second kappa shape index (κ2) is 8.33. The molecule has 128 valence electrons. The molecule has 0 atom stereocenters. The molecule has 0 radical (unpaired) electrons. The third-order valence-electron chi connectivity index (χ3n) is 5.23. The van der Waals surface area contributed by atoms with Crippen LogP contribution in [0.25, 0.3) is 0 Å². The molecule has 0 amide bonds. The zero-order valence-electron chi connectivity index (χ0n) is 14.1. The molecule has 1 aliphatic heterocycles. The molecule has 0 saturated heterocycles. The van der Waals surface area contributed by atoms with Crippen molar-refractivity contribution in [3.8, 4) is 0 Å². The van der Waals surface area contributed by atoms with E-state index in [9.17, 15) is 0 Å². The highest BCUT2D eigenvalue weighted by atomic mass is 127. The lowest BCUT2D eigenvalue weighted by Gasteiger charge is -2.39. The number of hydrogen-bond acceptors (Lipinski definition) is 4. The Morgan fingerprint density at radius 1 is 1.26 bits per heavy atom. The van der Waals surface area contributed by atoms with Gasteiger partial charge < -0.3 is 15.0 Å². The molecule has 1 aliphatic carbocycles. The molecule has 1 saturated carbocycles. The fourth-order valence-corrected chi connectivity index (χ4v) is 3.62. The maximum absolute atomic E-state index is 5.92. The van der Waals surface area contributed by atoms with Crippen LogP contribution in [0.2, 0.25) is 0 Å². The highest BCUT2D eigenvalue weighted by Gasteiger charge is 2.36. The minimum atomic E-state index is -0.0444. The summed E-state index contributed by atoms with van der Waals surface area (Å²) in [6.07, 6.45) is 4.60. The Hall–Kier alpha value is -0.820. The van der Waals surface area contributed by atoms with Crippen molar-refractivity contribution in [2.45, 2.75) is 37.2 Å². The lowest BCUT2D eigenvalue weighted by molar-refractivity contribution is -0.0385. The molecule has 5 heteroatoms. The van der Waals surface area contributed by atoms with Crippen molar-refractivity contribution in [1.82, 2.24) is 10.2 Å². The van der Waals surface area contributed by atoms with Crippen molar-refractivity contribution in [1.29, 1.82) is 0 Å². The van der Waals surface area contributed by atoms with Crippen LogP contribution in [0.5, 0.6) is 0 Å². The van der Waals surface area contributed by atoms with E-state index >= 15 is 0 Å². The van der Waals surface area contributed by atoms with Crippen LogP contribution >= 0.6 is 24.0 Å². The van der Waals surface area contributed by atoms with E-state index in [0.717, 1.165) is 38.4 Å². The van der Waals surface area contributed by atoms with E-state index in [1.54, 1.807) is 0 Å². The zero-order chi connectivity index (χ0) is 15.4. The maximum atomic E-state index is 5.92. The number of methoxy groups -OCH3 is 1. The molecular formula is C18H28IN3O. The predicted molar refractivity (Wildman–Crippen MR) is 106 cm³/mol. The first-order chi connectivity index (χ1) is 10.7. The highest BCUT2D eigenvalue weighted by molar-refractivity contribution is 14.0. The number of nitrogens with zero attached hydrogens (tertiary/aromatic N) is 2. The molecule has 1 fully saturated rings. The average Bonchev–Trinajstić information content (AvgIpc) is 2.99. The third kappa shape index (κ3) is 4.38. The van der Waals surface area contributed by atoms with Gasteiger partial charge in [-0.1, -0.05) is 30.3 Å². The highest BCUT2D eigenvalue weighted by Crippen LogP contribution is 2.39. The third-order valence-corrected chi connectivity index (χ3v) is 5.23. The molecule has 0 unspecified atom stereocenters. The Balaban J connectivity index is 0.00000192. The topological polar surface area (TPSA) is 36.9 Å². The Morgan fingerprint density at radius 2 is 1.96 bits per heavy atom. The summed E-state index contributed by atoms with van der Waals surface area (Å²) >= 11 is 0. The zero-order valence-corrected chi connectivity index (χ0v) is 16.5. The number of ether oxygens (including phenoxy) is 1. The van der Waals surface area contributed by atoms with Gasteiger partial charge in [0.1, 0.15) is 0 Å². The van der Waals surface area contributed by atoms with Crippen LogP contribution in [0, 0.1) is 0 Å². The van der Waals surface area contributed by atoms with Crippen LogP contribution in [-0.2, 0) is 4.74 Å². The van der Waals surface area contributed by atoms with E-state index in [1.165, 1.54) is 18.4 Å². The molecule has 4 nitrogen and oxygen atoms in total. The van der Waals surface area contributed by atoms with Crippen molar-refractivity contribution >= 4 is 29.9 Å². The fraction of sp³-hybridized carbons (Fsp3) is 0.611. The number of rotatable bonds is 4. The van der Waals surface area contributed by atoms with Gasteiger partial charge >= 0.3 is 0 Å². The Bertz CT molecular complexity index is 512. The van der Waals surface area contributed by atoms with Gasteiger partial charge in [-0.2, -0.15) is 0 Å². The maximum Gasteiger partial charge on any atom is 0.193 e. The van der Waals surface area contributed by atoms with Crippen molar-refractivity contribution in [2.75, 3.05) is 33.8 Å². The number of halogens is 1. The van der Waals surface area contributed by atoms with Crippen molar-refractivity contribution in [3.63, 3.8) is 0 Å². The lowest BCUT2D eigenvalue weighted by Crippen LogP contribution is -2.49. The van der Waals surface area contributed by atoms with Gasteiger partial charge in [-0.25, -0.2) is 0 Å². The van der Waals surface area contributed by atoms with E-state index in [0.29, 0.717) is 5.92 Å². The summed E-state index contributed by atoms with van der Waals surface area (Å²) in [5.74, 6) is 1.69. The summed E-state index contributed by atoms with van der Waals surface area (Å²) in [4.78, 5) is 6.68. The minimum absolute atomic E-state index is 0. The van der Waals surface area contributed by atoms with E-state index < -0.39 is 0 Å². The largest absolute Gasteiger partial charge is 0.376 e. The number of benzene rings is 1. The molecule has 1 aromatic carbocycles. The molecule has 3 rings (SSSR count). The first-order valence-electron chi connectivity index (χ1n) is 8.32. The molecule has 0 bridgehead atoms. The van der Waals surface area contributed by atoms with Crippen molar-refractivity contribution in [3.05, 3.63) is 35.9 Å². The van der Waals surface area contributed by atoms with Crippen LogP contribution in [-0.4, -0.2) is 50.3 Å². The van der Waals surface area contributed by atoms with Crippen LogP contribution in [0.4, 0.5) is 0 Å². The summed E-state index contributed by atoms with van der Waals surface area (Å²) in [6, 6.07) is 10.9. The number of likely N-dealkylation sites (N-methyl/N-ethyl adjacent to an activating group) is 1. The van der Waals surface area contributed by atoms with Crippen LogP contribution < -0.4 is 5.32 Å². The predicted octanol–water partition coefficient (Wildman–Crippen LogP) is 3.24. The second-order valence-corrected chi connectivity index (χ2v) is 6.55. The standard InChI is InChI=1S/C18H27N3O.HI/c1-21-13-12-19-17(21)20-14-18(22-2)10-8-16(9-11-18)15-6-4-3-5-7-15;/h3-7,16H,8-14H2,1-2H3,(H,19,20);1H. The van der Waals surface area contributed by atoms with E-state index in [4.69, 9.17) is 4.74 Å². The van der Waals surface area contributed by atoms with Crippen molar-refractivity contribution in [2.24, 2.45) is 4.99 Å². The van der Waals surface area contributed by atoms with Crippen LogP contribution in [0.1, 0.15) is 37.2 Å². The molecule has 2 aliphatic rings. The number of nitrogens with one attached hydrogen (secondary N) is 1. The van der Waals surface area contributed by atoms with Gasteiger partial charge in [0.15, 0.2) is 5.96 Å². The van der Waals surface area contributed by atoms with E-state index in [-0.39, 0.29) is 29.6 Å². The summed E-state index contributed by atoms with van der Waals surface area (Å²) in [5.41, 5.74) is 1.43. The average molecular weight is 429 g/mol. The number of guanidine groups is 1. The molecular weight excluding hydrogens is 401 g/mol. The minimum Gasteiger partial charge on any atom is -0.376 e. The molecule has 1 heterocycles. The molecule has 0 aromatic heterocycles. The summed E-state index contributed by atoms with van der Waals surface area (Å²) < 4.78 is 5.92. The molecule has 1 N–H and O–H groups in total. The van der Waals surface area contributed by atoms with E-state index in [1.807, 2.05) is 7.11 Å². The first-order valence-corrected chi connectivity index (χ1v) is 8.32. The SMILES string of the molecule is COC1(CNC2=NCCN2C)CCC(c2ccccc2)CC1.I. The van der Waals surface area contributed by atoms with E-state index in [2.05, 4.69) is 52.6 Å². The summed E-state index contributed by atoms with van der Waals surface area (Å²) in [7, 11) is 3.94. The summed E-state index contributed by atoms with van der Waals surface area (Å²) in [6.45, 7) is 2.77. The van der Waals surface area contributed by atoms with Crippen LogP contribution in [0.15, 0.2) is 35.3 Å². The Labute approximate surface area is 156 Å². The molecule has 23 heavy (non-hydrogen) atoms. The van der Waals surface area contributed by atoms with Gasteiger partial charge in [0.05, 0.1) is 12.1 Å². The van der Waals surface area contributed by atoms with Crippen molar-refractivity contribution < 1.29 is 4.74 Å². The Morgan fingerprint density at radius 3 is 2.52 bits per heavy atom. The smallest absolute Gasteiger partial charge is 0.193 e. The van der Waals surface area contributed by atoms with Crippen LogP contribution in [0.3, 0.4) is 0 Å². The molecule has 0 spiro atoms. The van der Waals surface area contributed by atoms with Gasteiger partial charge in [0.2, 0.25) is 0 Å². The normalized spacial score (nSPS) is 27.3. The monoisotopic (exact) mass is 429 g/mol. The van der Waals surface area contributed by atoms with Gasteiger partial charge in [0.25, 0.3) is 0 Å². The van der Waals surface area contributed by atoms with Gasteiger partial charge in [-0.3, -0.25) is 4.99 Å². The van der Waals surface area contributed by atoms with Gasteiger partial charge in [-0.15, -0.1) is 24.0 Å². The first kappa shape index (κ1) is 18.5. The quantitative estimate of drug-likeness (QED) is 0.747. The fourth-order valence-electron chi connectivity index (χ4n) is 3.62. The number of aliphatic imine (C=N–C) groups is 1. The summed E-state index contributed by atoms with van der Waals surface area (Å²) in [5, 5.41) is 3.50. The second-order valence-electron chi connectivity index (χ2n) is 6.55. The Kier molecular flexibility index (Phi) is 6.71. The van der Waals surface area contributed by atoms with Gasteiger partial charge in [-0.05, 0) is 37.2 Å². The van der Waals surface area contributed by atoms with Gasteiger partial charge in [0, 0.05) is 27.2 Å². The molecule has 1 aromatic rings.